The molecule has 0 aliphatic carbocycles. The fourth-order valence-electron chi connectivity index (χ4n) is 3.29. The summed E-state index contributed by atoms with van der Waals surface area (Å²) in [4.78, 5) is 25.3. The lowest BCUT2D eigenvalue weighted by Gasteiger charge is -2.31. The number of sulfonamides is 1. The highest BCUT2D eigenvalue weighted by atomic mass is 32.2. The summed E-state index contributed by atoms with van der Waals surface area (Å²) in [5, 5.41) is 5.56. The van der Waals surface area contributed by atoms with Crippen molar-refractivity contribution >= 4 is 27.5 Å². The Kier molecular flexibility index (Phi) is 6.71. The zero-order valence-electron chi connectivity index (χ0n) is 16.3. The van der Waals surface area contributed by atoms with Gasteiger partial charge in [0.1, 0.15) is 5.76 Å². The van der Waals surface area contributed by atoms with Crippen molar-refractivity contribution in [3.8, 4) is 0 Å². The Labute approximate surface area is 170 Å². The molecule has 2 amide bonds. The van der Waals surface area contributed by atoms with Crippen LogP contribution < -0.4 is 10.6 Å². The number of piperidine rings is 1. The molecule has 1 aliphatic rings. The lowest BCUT2D eigenvalue weighted by atomic mass is 9.98. The van der Waals surface area contributed by atoms with Gasteiger partial charge in [0.2, 0.25) is 15.9 Å². The summed E-state index contributed by atoms with van der Waals surface area (Å²) in [6.45, 7) is 2.43. The zero-order valence-corrected chi connectivity index (χ0v) is 17.1. The molecule has 1 atom stereocenters. The van der Waals surface area contributed by atoms with Gasteiger partial charge in [-0.3, -0.25) is 9.59 Å². The molecule has 2 heterocycles. The van der Waals surface area contributed by atoms with Gasteiger partial charge in [0.05, 0.1) is 35.7 Å². The first-order valence-electron chi connectivity index (χ1n) is 9.59. The molecule has 3 rings (SSSR count). The van der Waals surface area contributed by atoms with E-state index in [4.69, 9.17) is 4.42 Å². The Bertz CT molecular complexity index is 956. The number of hydrogen-bond acceptors (Lipinski definition) is 5. The number of nitrogens with zero attached hydrogens (tertiary/aromatic N) is 1. The Morgan fingerprint density at radius 3 is 2.72 bits per heavy atom. The van der Waals surface area contributed by atoms with Crippen LogP contribution in [0.2, 0.25) is 0 Å². The minimum Gasteiger partial charge on any atom is -0.467 e. The molecule has 29 heavy (non-hydrogen) atoms. The average Bonchev–Trinajstić information content (AvgIpc) is 3.26. The number of para-hydroxylation sites is 1. The van der Waals surface area contributed by atoms with E-state index in [0.717, 1.165) is 0 Å². The molecule has 1 aromatic carbocycles. The lowest BCUT2D eigenvalue weighted by Crippen LogP contribution is -2.44. The number of carbonyl (C=O) groups excluding carboxylic acids is 2. The van der Waals surface area contributed by atoms with Crippen LogP contribution in [0.5, 0.6) is 0 Å². The van der Waals surface area contributed by atoms with E-state index in [2.05, 4.69) is 10.6 Å². The van der Waals surface area contributed by atoms with E-state index in [-0.39, 0.29) is 30.7 Å². The number of rotatable bonds is 7. The van der Waals surface area contributed by atoms with Gasteiger partial charge >= 0.3 is 0 Å². The van der Waals surface area contributed by atoms with Crippen LogP contribution in [0, 0.1) is 5.92 Å². The maximum atomic E-state index is 12.8. The molecule has 0 bridgehead atoms. The second-order valence-electron chi connectivity index (χ2n) is 6.89. The Hall–Kier alpha value is -2.65. The average molecular weight is 420 g/mol. The summed E-state index contributed by atoms with van der Waals surface area (Å²) in [5.74, 6) is -0.438. The van der Waals surface area contributed by atoms with Crippen molar-refractivity contribution in [1.29, 1.82) is 0 Å². The van der Waals surface area contributed by atoms with Gasteiger partial charge in [-0.15, -0.1) is 0 Å². The highest BCUT2D eigenvalue weighted by Gasteiger charge is 2.31. The van der Waals surface area contributed by atoms with E-state index >= 15 is 0 Å². The largest absolute Gasteiger partial charge is 0.467 e. The molecule has 0 spiro atoms. The lowest BCUT2D eigenvalue weighted by molar-refractivity contribution is -0.120. The van der Waals surface area contributed by atoms with Gasteiger partial charge in [0.25, 0.3) is 5.91 Å². The second kappa shape index (κ2) is 9.23. The zero-order chi connectivity index (χ0) is 20.9. The van der Waals surface area contributed by atoms with Gasteiger partial charge < -0.3 is 15.1 Å². The maximum Gasteiger partial charge on any atom is 0.253 e. The SMILES string of the molecule is CCS(=O)(=O)N1CCC[C@@H](C(=O)Nc2ccccc2C(=O)NCc2ccco2)C1. The standard InChI is InChI=1S/C20H25N3O5S/c1-2-29(26,27)23-11-5-7-15(14-23)19(24)22-18-10-4-3-9-17(18)20(25)21-13-16-8-6-12-28-16/h3-4,6,8-10,12,15H,2,5,7,11,13-14H2,1H3,(H,21,25)(H,22,24)/t15-/m1/s1. The van der Waals surface area contributed by atoms with Crippen molar-refractivity contribution in [2.75, 3.05) is 24.2 Å². The number of benzene rings is 1. The molecule has 1 aliphatic heterocycles. The summed E-state index contributed by atoms with van der Waals surface area (Å²) >= 11 is 0. The van der Waals surface area contributed by atoms with E-state index in [1.165, 1.54) is 10.6 Å². The Morgan fingerprint density at radius 1 is 1.21 bits per heavy atom. The van der Waals surface area contributed by atoms with Crippen LogP contribution >= 0.6 is 0 Å². The van der Waals surface area contributed by atoms with Gasteiger partial charge in [-0.1, -0.05) is 12.1 Å². The minimum absolute atomic E-state index is 0.0139. The minimum atomic E-state index is -3.33. The number of hydrogen-bond donors (Lipinski definition) is 2. The summed E-state index contributed by atoms with van der Waals surface area (Å²) in [7, 11) is -3.33. The molecule has 1 saturated heterocycles. The maximum absolute atomic E-state index is 12.8. The van der Waals surface area contributed by atoms with Crippen LogP contribution in [0.4, 0.5) is 5.69 Å². The quantitative estimate of drug-likeness (QED) is 0.715. The fraction of sp³-hybridized carbons (Fsp3) is 0.400. The van der Waals surface area contributed by atoms with Crippen LogP contribution in [-0.4, -0.2) is 43.4 Å². The summed E-state index contributed by atoms with van der Waals surface area (Å²) in [6.07, 6.45) is 2.76. The highest BCUT2D eigenvalue weighted by molar-refractivity contribution is 7.89. The molecule has 0 radical (unpaired) electrons. The molecule has 2 N–H and O–H groups in total. The molecular weight excluding hydrogens is 394 g/mol. The molecule has 8 nitrogen and oxygen atoms in total. The number of anilines is 1. The summed E-state index contributed by atoms with van der Waals surface area (Å²) in [6, 6.07) is 10.2. The first kappa shape index (κ1) is 21.1. The molecule has 2 aromatic rings. The predicted octanol–water partition coefficient (Wildman–Crippen LogP) is 2.21. The van der Waals surface area contributed by atoms with Gasteiger partial charge in [0.15, 0.2) is 0 Å². The van der Waals surface area contributed by atoms with Gasteiger partial charge in [0, 0.05) is 13.1 Å². The van der Waals surface area contributed by atoms with Gasteiger partial charge in [-0.05, 0) is 44.0 Å². The number of amides is 2. The third-order valence-corrected chi connectivity index (χ3v) is 6.79. The second-order valence-corrected chi connectivity index (χ2v) is 9.15. The van der Waals surface area contributed by atoms with E-state index in [1.807, 2.05) is 0 Å². The van der Waals surface area contributed by atoms with Crippen LogP contribution in [0.1, 0.15) is 35.9 Å². The van der Waals surface area contributed by atoms with E-state index in [9.17, 15) is 18.0 Å². The van der Waals surface area contributed by atoms with Crippen LogP contribution in [0.15, 0.2) is 47.1 Å². The van der Waals surface area contributed by atoms with Crippen molar-refractivity contribution in [3.63, 3.8) is 0 Å². The molecule has 1 aromatic heterocycles. The topological polar surface area (TPSA) is 109 Å². The van der Waals surface area contributed by atoms with Crippen LogP contribution in [0.25, 0.3) is 0 Å². The highest BCUT2D eigenvalue weighted by Crippen LogP contribution is 2.23. The Balaban J connectivity index is 1.66. The summed E-state index contributed by atoms with van der Waals surface area (Å²) in [5.41, 5.74) is 0.728. The first-order valence-corrected chi connectivity index (χ1v) is 11.2. The van der Waals surface area contributed by atoms with Gasteiger partial charge in [-0.2, -0.15) is 0 Å². The third kappa shape index (κ3) is 5.24. The molecule has 9 heteroatoms. The fourth-order valence-corrected chi connectivity index (χ4v) is 4.47. The monoisotopic (exact) mass is 419 g/mol. The van der Waals surface area contributed by atoms with E-state index in [0.29, 0.717) is 36.4 Å². The molecule has 1 fully saturated rings. The van der Waals surface area contributed by atoms with Crippen molar-refractivity contribution < 1.29 is 22.4 Å². The van der Waals surface area contributed by atoms with Crippen LogP contribution in [0.3, 0.4) is 0 Å². The van der Waals surface area contributed by atoms with Crippen LogP contribution in [-0.2, 0) is 21.4 Å². The van der Waals surface area contributed by atoms with E-state index in [1.54, 1.807) is 43.3 Å². The number of carbonyl (C=O) groups is 2. The van der Waals surface area contributed by atoms with Crippen molar-refractivity contribution in [2.24, 2.45) is 5.92 Å². The van der Waals surface area contributed by atoms with Crippen molar-refractivity contribution in [2.45, 2.75) is 26.3 Å². The summed E-state index contributed by atoms with van der Waals surface area (Å²) < 4.78 is 30.8. The van der Waals surface area contributed by atoms with E-state index < -0.39 is 15.9 Å². The van der Waals surface area contributed by atoms with Crippen molar-refractivity contribution in [1.82, 2.24) is 9.62 Å². The number of furan rings is 1. The van der Waals surface area contributed by atoms with Gasteiger partial charge in [-0.25, -0.2) is 12.7 Å². The predicted molar refractivity (Wildman–Crippen MR) is 109 cm³/mol. The molecule has 156 valence electrons. The Morgan fingerprint density at radius 2 is 2.00 bits per heavy atom. The molecular formula is C20H25N3O5S. The smallest absolute Gasteiger partial charge is 0.253 e. The third-order valence-electron chi connectivity index (χ3n) is 4.95. The molecule has 0 unspecified atom stereocenters. The molecule has 0 saturated carbocycles. The van der Waals surface area contributed by atoms with Crippen molar-refractivity contribution in [3.05, 3.63) is 54.0 Å². The first-order chi connectivity index (χ1) is 13.9. The number of nitrogens with one attached hydrogen (secondary N) is 2. The normalized spacial score (nSPS) is 17.6.